The average molecular weight is 474 g/mol. The lowest BCUT2D eigenvalue weighted by Gasteiger charge is -2.10. The SMILES string of the molecule is O=C(NCc1cccc(Cl)c1)c1ccc2c(=O)n(-c3ccc(F)c(Cl)c3)c(=S)[nH]c2c1. The third-order valence-corrected chi connectivity index (χ3v) is 5.47. The topological polar surface area (TPSA) is 66.9 Å². The van der Waals surface area contributed by atoms with Crippen LogP contribution in [0.4, 0.5) is 4.39 Å². The number of hydrogen-bond acceptors (Lipinski definition) is 3. The first-order chi connectivity index (χ1) is 14.8. The first kappa shape index (κ1) is 21.2. The molecule has 31 heavy (non-hydrogen) atoms. The summed E-state index contributed by atoms with van der Waals surface area (Å²) >= 11 is 17.1. The van der Waals surface area contributed by atoms with Gasteiger partial charge < -0.3 is 10.3 Å². The zero-order valence-electron chi connectivity index (χ0n) is 15.8. The number of aromatic nitrogens is 2. The van der Waals surface area contributed by atoms with Gasteiger partial charge in [-0.1, -0.05) is 35.3 Å². The van der Waals surface area contributed by atoms with Gasteiger partial charge in [-0.05, 0) is 66.3 Å². The summed E-state index contributed by atoms with van der Waals surface area (Å²) in [5, 5.41) is 3.60. The van der Waals surface area contributed by atoms with Gasteiger partial charge in [0.15, 0.2) is 4.77 Å². The molecule has 2 N–H and O–H groups in total. The highest BCUT2D eigenvalue weighted by molar-refractivity contribution is 7.71. The van der Waals surface area contributed by atoms with Crippen molar-refractivity contribution in [3.63, 3.8) is 0 Å². The molecule has 0 aliphatic heterocycles. The number of nitrogens with zero attached hydrogens (tertiary/aromatic N) is 1. The predicted molar refractivity (Wildman–Crippen MR) is 122 cm³/mol. The number of carbonyl (C=O) groups is 1. The molecule has 5 nitrogen and oxygen atoms in total. The van der Waals surface area contributed by atoms with E-state index in [1.54, 1.807) is 36.4 Å². The van der Waals surface area contributed by atoms with Gasteiger partial charge in [0.05, 0.1) is 21.6 Å². The second-order valence-corrected chi connectivity index (χ2v) is 7.97. The second kappa shape index (κ2) is 8.63. The monoisotopic (exact) mass is 473 g/mol. The molecule has 0 fully saturated rings. The Bertz CT molecular complexity index is 1450. The molecule has 1 heterocycles. The van der Waals surface area contributed by atoms with Gasteiger partial charge in [-0.15, -0.1) is 0 Å². The molecule has 0 bridgehead atoms. The van der Waals surface area contributed by atoms with E-state index >= 15 is 0 Å². The van der Waals surface area contributed by atoms with Gasteiger partial charge in [-0.2, -0.15) is 0 Å². The minimum Gasteiger partial charge on any atom is -0.348 e. The highest BCUT2D eigenvalue weighted by atomic mass is 35.5. The van der Waals surface area contributed by atoms with Crippen LogP contribution in [0.1, 0.15) is 15.9 Å². The van der Waals surface area contributed by atoms with Crippen molar-refractivity contribution in [2.75, 3.05) is 0 Å². The molecule has 0 saturated carbocycles. The van der Waals surface area contributed by atoms with E-state index in [4.69, 9.17) is 35.4 Å². The molecule has 0 saturated heterocycles. The van der Waals surface area contributed by atoms with Crippen LogP contribution in [-0.2, 0) is 6.54 Å². The maximum atomic E-state index is 13.5. The van der Waals surface area contributed by atoms with Crippen LogP contribution in [0.15, 0.2) is 65.5 Å². The van der Waals surface area contributed by atoms with Crippen molar-refractivity contribution in [2.45, 2.75) is 6.54 Å². The predicted octanol–water partition coefficient (Wildman–Crippen LogP) is 5.42. The summed E-state index contributed by atoms with van der Waals surface area (Å²) in [4.78, 5) is 28.5. The minimum absolute atomic E-state index is 0.0941. The molecule has 156 valence electrons. The highest BCUT2D eigenvalue weighted by Gasteiger charge is 2.12. The number of halogens is 3. The van der Waals surface area contributed by atoms with E-state index in [1.807, 2.05) is 6.07 Å². The van der Waals surface area contributed by atoms with E-state index in [2.05, 4.69) is 10.3 Å². The van der Waals surface area contributed by atoms with Gasteiger partial charge in [0.2, 0.25) is 0 Å². The summed E-state index contributed by atoms with van der Waals surface area (Å²) < 4.78 is 14.8. The largest absolute Gasteiger partial charge is 0.348 e. The van der Waals surface area contributed by atoms with Crippen LogP contribution < -0.4 is 10.9 Å². The fourth-order valence-corrected chi connectivity index (χ4v) is 3.84. The van der Waals surface area contributed by atoms with Crippen LogP contribution in [0.5, 0.6) is 0 Å². The van der Waals surface area contributed by atoms with Crippen LogP contribution in [0.3, 0.4) is 0 Å². The molecule has 1 aromatic heterocycles. The van der Waals surface area contributed by atoms with Crippen LogP contribution in [0.25, 0.3) is 16.6 Å². The average Bonchev–Trinajstić information content (AvgIpc) is 2.74. The Labute approximate surface area is 191 Å². The number of hydrogen-bond donors (Lipinski definition) is 2. The summed E-state index contributed by atoms with van der Waals surface area (Å²) in [5.41, 5.74) is 1.56. The Morgan fingerprint density at radius 2 is 1.90 bits per heavy atom. The summed E-state index contributed by atoms with van der Waals surface area (Å²) in [5.74, 6) is -0.904. The molecule has 3 aromatic carbocycles. The second-order valence-electron chi connectivity index (χ2n) is 6.74. The summed E-state index contributed by atoms with van der Waals surface area (Å²) in [7, 11) is 0. The van der Waals surface area contributed by atoms with Gasteiger partial charge in [0, 0.05) is 17.1 Å². The number of carbonyl (C=O) groups excluding carboxylic acids is 1. The third kappa shape index (κ3) is 4.39. The van der Waals surface area contributed by atoms with Crippen molar-refractivity contribution in [1.82, 2.24) is 14.9 Å². The first-order valence-corrected chi connectivity index (χ1v) is 10.3. The zero-order chi connectivity index (χ0) is 22.1. The molecule has 0 spiro atoms. The van der Waals surface area contributed by atoms with E-state index in [0.717, 1.165) is 11.6 Å². The van der Waals surface area contributed by atoms with E-state index in [9.17, 15) is 14.0 Å². The molecule has 0 aliphatic carbocycles. The van der Waals surface area contributed by atoms with E-state index in [-0.39, 0.29) is 15.7 Å². The number of aromatic amines is 1. The molecule has 0 atom stereocenters. The third-order valence-electron chi connectivity index (χ3n) is 4.66. The highest BCUT2D eigenvalue weighted by Crippen LogP contribution is 2.19. The van der Waals surface area contributed by atoms with E-state index in [1.165, 1.54) is 16.7 Å². The van der Waals surface area contributed by atoms with Crippen LogP contribution >= 0.6 is 35.4 Å². The van der Waals surface area contributed by atoms with Crippen molar-refractivity contribution >= 4 is 52.2 Å². The molecule has 0 aliphatic rings. The van der Waals surface area contributed by atoms with Crippen molar-refractivity contribution < 1.29 is 9.18 Å². The molecule has 4 aromatic rings. The normalized spacial score (nSPS) is 10.9. The maximum Gasteiger partial charge on any atom is 0.266 e. The lowest BCUT2D eigenvalue weighted by Crippen LogP contribution is -2.24. The Morgan fingerprint density at radius 3 is 2.65 bits per heavy atom. The minimum atomic E-state index is -0.595. The Hall–Kier alpha value is -3.00. The standard InChI is InChI=1S/C22H14Cl2FN3O2S/c23-14-3-1-2-12(8-14)11-26-20(29)13-4-6-16-19(9-13)27-22(31)28(21(16)30)15-5-7-18(25)17(24)10-15/h1-10H,11H2,(H,26,29)(H,27,31). The first-order valence-electron chi connectivity index (χ1n) is 9.10. The van der Waals surface area contributed by atoms with Gasteiger partial charge in [0.25, 0.3) is 11.5 Å². The number of H-pyrrole nitrogens is 1. The van der Waals surface area contributed by atoms with Gasteiger partial charge >= 0.3 is 0 Å². The summed E-state index contributed by atoms with van der Waals surface area (Å²) in [6.07, 6.45) is 0. The van der Waals surface area contributed by atoms with Gasteiger partial charge in [0.1, 0.15) is 5.82 Å². The Balaban J connectivity index is 1.67. The quantitative estimate of drug-likeness (QED) is 0.388. The number of fused-ring (bicyclic) bond motifs is 1. The Morgan fingerprint density at radius 1 is 1.10 bits per heavy atom. The van der Waals surface area contributed by atoms with Crippen molar-refractivity contribution in [1.29, 1.82) is 0 Å². The van der Waals surface area contributed by atoms with Gasteiger partial charge in [-0.3, -0.25) is 14.2 Å². The van der Waals surface area contributed by atoms with Crippen LogP contribution in [-0.4, -0.2) is 15.5 Å². The zero-order valence-corrected chi connectivity index (χ0v) is 18.1. The molecular weight excluding hydrogens is 460 g/mol. The number of benzene rings is 3. The smallest absolute Gasteiger partial charge is 0.266 e. The van der Waals surface area contributed by atoms with Crippen molar-refractivity contribution in [3.8, 4) is 5.69 Å². The molecule has 0 radical (unpaired) electrons. The van der Waals surface area contributed by atoms with E-state index < -0.39 is 11.4 Å². The lowest BCUT2D eigenvalue weighted by atomic mass is 10.1. The van der Waals surface area contributed by atoms with Crippen LogP contribution in [0, 0.1) is 10.6 Å². The fourth-order valence-electron chi connectivity index (χ4n) is 3.15. The lowest BCUT2D eigenvalue weighted by molar-refractivity contribution is 0.0951. The fraction of sp³-hybridized carbons (Fsp3) is 0.0455. The molecular formula is C22H14Cl2FN3O2S. The van der Waals surface area contributed by atoms with Crippen LogP contribution in [0.2, 0.25) is 10.0 Å². The number of nitrogens with one attached hydrogen (secondary N) is 2. The molecule has 4 rings (SSSR count). The van der Waals surface area contributed by atoms with Crippen molar-refractivity contribution in [2.24, 2.45) is 0 Å². The summed E-state index contributed by atoms with van der Waals surface area (Å²) in [6, 6.07) is 15.7. The van der Waals surface area contributed by atoms with E-state index in [0.29, 0.717) is 33.7 Å². The Kier molecular flexibility index (Phi) is 5.91. The number of rotatable bonds is 4. The molecule has 9 heteroatoms. The molecule has 0 unspecified atom stereocenters. The van der Waals surface area contributed by atoms with Crippen molar-refractivity contribution in [3.05, 3.63) is 103 Å². The maximum absolute atomic E-state index is 13.5. The molecule has 1 amide bonds. The summed E-state index contributed by atoms with van der Waals surface area (Å²) in [6.45, 7) is 0.306. The number of amides is 1. The van der Waals surface area contributed by atoms with Gasteiger partial charge in [-0.25, -0.2) is 4.39 Å².